The highest BCUT2D eigenvalue weighted by Crippen LogP contribution is 2.48. The van der Waals surface area contributed by atoms with Crippen LogP contribution in [0.5, 0.6) is 17.2 Å². The van der Waals surface area contributed by atoms with E-state index in [0.717, 1.165) is 0 Å². The Labute approximate surface area is 152 Å². The van der Waals surface area contributed by atoms with Gasteiger partial charge in [0.2, 0.25) is 6.79 Å². The van der Waals surface area contributed by atoms with Crippen LogP contribution < -0.4 is 14.2 Å². The van der Waals surface area contributed by atoms with Crippen molar-refractivity contribution in [3.05, 3.63) is 57.6 Å². The van der Waals surface area contributed by atoms with Gasteiger partial charge in [0.25, 0.3) is 5.69 Å². The quantitative estimate of drug-likeness (QED) is 0.265. The van der Waals surface area contributed by atoms with E-state index in [9.17, 15) is 19.7 Å². The minimum Gasteiger partial charge on any atom is -0.468 e. The van der Waals surface area contributed by atoms with E-state index < -0.39 is 28.7 Å². The van der Waals surface area contributed by atoms with Gasteiger partial charge in [0.15, 0.2) is 17.4 Å². The van der Waals surface area contributed by atoms with E-state index in [1.807, 2.05) is 0 Å². The van der Waals surface area contributed by atoms with E-state index in [1.54, 1.807) is 6.07 Å². The maximum absolute atomic E-state index is 12.5. The van der Waals surface area contributed by atoms with E-state index >= 15 is 0 Å². The Morgan fingerprint density at radius 1 is 1.15 bits per heavy atom. The van der Waals surface area contributed by atoms with Crippen LogP contribution in [0.2, 0.25) is 0 Å². The summed E-state index contributed by atoms with van der Waals surface area (Å²) in [6.45, 7) is 0.0365. The molecular formula is C18H13NO8. The second kappa shape index (κ2) is 6.27. The molecule has 0 fully saturated rings. The Morgan fingerprint density at radius 3 is 2.44 bits per heavy atom. The fraction of sp³-hybridized carbons (Fsp3) is 0.222. The van der Waals surface area contributed by atoms with Gasteiger partial charge in [-0.15, -0.1) is 0 Å². The van der Waals surface area contributed by atoms with Crippen LogP contribution in [0, 0.1) is 16.0 Å². The molecule has 138 valence electrons. The van der Waals surface area contributed by atoms with Gasteiger partial charge in [0.1, 0.15) is 5.75 Å². The predicted octanol–water partition coefficient (Wildman–Crippen LogP) is 2.16. The van der Waals surface area contributed by atoms with Gasteiger partial charge in [-0.3, -0.25) is 19.7 Å². The monoisotopic (exact) mass is 371 g/mol. The molecule has 2 aromatic rings. The number of nitro groups is 1. The van der Waals surface area contributed by atoms with E-state index in [-0.39, 0.29) is 18.2 Å². The van der Waals surface area contributed by atoms with Gasteiger partial charge in [-0.1, -0.05) is 12.1 Å². The van der Waals surface area contributed by atoms with Crippen LogP contribution in [0.15, 0.2) is 36.4 Å². The molecule has 0 saturated heterocycles. The minimum atomic E-state index is -1.25. The second-order valence-corrected chi connectivity index (χ2v) is 5.99. The predicted molar refractivity (Wildman–Crippen MR) is 88.6 cm³/mol. The highest BCUT2D eigenvalue weighted by Gasteiger charge is 2.45. The number of esters is 2. The van der Waals surface area contributed by atoms with Crippen molar-refractivity contribution < 1.29 is 33.5 Å². The molecule has 0 amide bonds. The van der Waals surface area contributed by atoms with Crippen molar-refractivity contribution >= 4 is 17.6 Å². The molecule has 0 radical (unpaired) electrons. The third kappa shape index (κ3) is 2.73. The lowest BCUT2D eigenvalue weighted by atomic mass is 9.78. The smallest absolute Gasteiger partial charge is 0.326 e. The first-order valence-electron chi connectivity index (χ1n) is 7.97. The summed E-state index contributed by atoms with van der Waals surface area (Å²) in [7, 11) is 1.18. The van der Waals surface area contributed by atoms with Gasteiger partial charge in [-0.05, 0) is 11.6 Å². The maximum Gasteiger partial charge on any atom is 0.326 e. The lowest BCUT2D eigenvalue weighted by molar-refractivity contribution is -0.384. The number of hydrogen-bond acceptors (Lipinski definition) is 8. The van der Waals surface area contributed by atoms with Crippen LogP contribution in [0.4, 0.5) is 5.69 Å². The van der Waals surface area contributed by atoms with Crippen LogP contribution in [-0.2, 0) is 14.3 Å². The van der Waals surface area contributed by atoms with Gasteiger partial charge < -0.3 is 18.9 Å². The van der Waals surface area contributed by atoms with Crippen molar-refractivity contribution in [2.24, 2.45) is 5.92 Å². The summed E-state index contributed by atoms with van der Waals surface area (Å²) in [6.07, 6.45) is 0. The number of non-ortho nitro benzene ring substituents is 1. The molecule has 0 aromatic heterocycles. The number of methoxy groups -OCH3 is 1. The van der Waals surface area contributed by atoms with E-state index in [2.05, 4.69) is 0 Å². The fourth-order valence-electron chi connectivity index (χ4n) is 3.29. The number of ether oxygens (including phenoxy) is 4. The van der Waals surface area contributed by atoms with Crippen molar-refractivity contribution in [2.45, 2.75) is 5.92 Å². The largest absolute Gasteiger partial charge is 0.468 e. The lowest BCUT2D eigenvalue weighted by Crippen LogP contribution is -2.38. The molecule has 0 spiro atoms. The first-order chi connectivity index (χ1) is 13.0. The summed E-state index contributed by atoms with van der Waals surface area (Å²) >= 11 is 0. The van der Waals surface area contributed by atoms with Crippen molar-refractivity contribution in [1.29, 1.82) is 0 Å². The maximum atomic E-state index is 12.5. The second-order valence-electron chi connectivity index (χ2n) is 5.99. The third-order valence-electron chi connectivity index (χ3n) is 4.56. The summed E-state index contributed by atoms with van der Waals surface area (Å²) in [4.78, 5) is 35.2. The highest BCUT2D eigenvalue weighted by molar-refractivity contribution is 5.99. The minimum absolute atomic E-state index is 0.0365. The van der Waals surface area contributed by atoms with E-state index in [1.165, 1.54) is 37.4 Å². The molecule has 0 N–H and O–H groups in total. The van der Waals surface area contributed by atoms with Crippen molar-refractivity contribution in [2.75, 3.05) is 13.9 Å². The zero-order chi connectivity index (χ0) is 19.1. The average Bonchev–Trinajstić information content (AvgIpc) is 3.12. The standard InChI is InChI=1S/C18H13NO8/c1-24-17(20)16-15(9-2-4-10(5-3-9)19(22)23)11-6-13-14(26-8-25-13)7-12(11)27-18(16)21/h2-7,15-16H,8H2,1H3/t15-,16-/m1/s1. The van der Waals surface area contributed by atoms with Crippen LogP contribution in [0.25, 0.3) is 0 Å². The fourth-order valence-corrected chi connectivity index (χ4v) is 3.29. The van der Waals surface area contributed by atoms with Crippen molar-refractivity contribution in [3.8, 4) is 17.2 Å². The Balaban J connectivity index is 1.87. The third-order valence-corrected chi connectivity index (χ3v) is 4.56. The Morgan fingerprint density at radius 2 is 1.81 bits per heavy atom. The summed E-state index contributed by atoms with van der Waals surface area (Å²) < 4.78 is 20.8. The molecular weight excluding hydrogens is 358 g/mol. The molecule has 0 aliphatic carbocycles. The van der Waals surface area contributed by atoms with Gasteiger partial charge in [0, 0.05) is 29.7 Å². The van der Waals surface area contributed by atoms with Gasteiger partial charge in [-0.25, -0.2) is 0 Å². The molecule has 9 heteroatoms. The molecule has 2 aliphatic rings. The van der Waals surface area contributed by atoms with Crippen LogP contribution in [0.3, 0.4) is 0 Å². The number of benzene rings is 2. The summed E-state index contributed by atoms with van der Waals surface area (Å²) in [5, 5.41) is 10.9. The number of carbonyl (C=O) groups excluding carboxylic acids is 2. The normalized spacial score (nSPS) is 19.8. The lowest BCUT2D eigenvalue weighted by Gasteiger charge is -2.30. The molecule has 9 nitrogen and oxygen atoms in total. The van der Waals surface area contributed by atoms with Crippen molar-refractivity contribution in [1.82, 2.24) is 0 Å². The summed E-state index contributed by atoms with van der Waals surface area (Å²) in [6, 6.07) is 8.82. The molecule has 0 unspecified atom stereocenters. The SMILES string of the molecule is COC(=O)[C@@H]1C(=O)Oc2cc3c(cc2[C@H]1c1ccc([N+](=O)[O-])cc1)OCO3. The topological polar surface area (TPSA) is 114 Å². The van der Waals surface area contributed by atoms with Gasteiger partial charge >= 0.3 is 11.9 Å². The Bertz CT molecular complexity index is 953. The molecule has 0 bridgehead atoms. The molecule has 2 aromatic carbocycles. The van der Waals surface area contributed by atoms with E-state index in [0.29, 0.717) is 22.6 Å². The van der Waals surface area contributed by atoms with Crippen molar-refractivity contribution in [3.63, 3.8) is 0 Å². The molecule has 27 heavy (non-hydrogen) atoms. The summed E-state index contributed by atoms with van der Waals surface area (Å²) in [5.74, 6) is -2.38. The number of nitro benzene ring substituents is 1. The Kier molecular flexibility index (Phi) is 3.91. The van der Waals surface area contributed by atoms with Crippen LogP contribution in [-0.4, -0.2) is 30.8 Å². The average molecular weight is 371 g/mol. The number of nitrogens with zero attached hydrogens (tertiary/aromatic N) is 1. The van der Waals surface area contributed by atoms with E-state index in [4.69, 9.17) is 18.9 Å². The summed E-state index contributed by atoms with van der Waals surface area (Å²) in [5.41, 5.74) is 0.966. The molecule has 2 atom stereocenters. The Hall–Kier alpha value is -3.62. The number of fused-ring (bicyclic) bond motifs is 2. The number of hydrogen-bond donors (Lipinski definition) is 0. The van der Waals surface area contributed by atoms with Gasteiger partial charge in [-0.2, -0.15) is 0 Å². The molecule has 0 saturated carbocycles. The number of carbonyl (C=O) groups is 2. The molecule has 2 heterocycles. The van der Waals surface area contributed by atoms with Crippen LogP contribution >= 0.6 is 0 Å². The zero-order valence-corrected chi connectivity index (χ0v) is 14.0. The van der Waals surface area contributed by atoms with Crippen LogP contribution in [0.1, 0.15) is 17.0 Å². The van der Waals surface area contributed by atoms with Gasteiger partial charge in [0.05, 0.1) is 12.0 Å². The molecule has 2 aliphatic heterocycles. The highest BCUT2D eigenvalue weighted by atomic mass is 16.7. The number of rotatable bonds is 3. The molecule has 4 rings (SSSR count). The first kappa shape index (κ1) is 16.8. The first-order valence-corrected chi connectivity index (χ1v) is 7.97. The zero-order valence-electron chi connectivity index (χ0n) is 14.0.